The minimum absolute atomic E-state index is 0.0677. The minimum atomic E-state index is -4.87. The van der Waals surface area contributed by atoms with Gasteiger partial charge in [-0.05, 0) is 36.5 Å². The second-order valence-electron chi connectivity index (χ2n) is 6.93. The summed E-state index contributed by atoms with van der Waals surface area (Å²) in [7, 11) is 3.31. The van der Waals surface area contributed by atoms with Crippen molar-refractivity contribution in [2.75, 3.05) is 19.0 Å². The van der Waals surface area contributed by atoms with Crippen LogP contribution in [0.5, 0.6) is 5.75 Å². The normalized spacial score (nSPS) is 15.1. The maximum atomic E-state index is 12.8. The fraction of sp³-hybridized carbons (Fsp3) is 0.389. The van der Waals surface area contributed by atoms with Crippen molar-refractivity contribution in [3.05, 3.63) is 50.9 Å². The predicted octanol–water partition coefficient (Wildman–Crippen LogP) is 2.96. The van der Waals surface area contributed by atoms with E-state index in [1.165, 1.54) is 16.7 Å². The third kappa shape index (κ3) is 4.64. The molecule has 1 aliphatic rings. The van der Waals surface area contributed by atoms with Crippen molar-refractivity contribution in [2.45, 2.75) is 25.2 Å². The number of benzene rings is 1. The van der Waals surface area contributed by atoms with E-state index in [1.807, 2.05) is 0 Å². The van der Waals surface area contributed by atoms with Crippen molar-refractivity contribution in [1.82, 2.24) is 9.55 Å². The molecule has 1 atom stereocenters. The van der Waals surface area contributed by atoms with Crippen molar-refractivity contribution in [3.8, 4) is 5.75 Å². The summed E-state index contributed by atoms with van der Waals surface area (Å²) in [4.78, 5) is 30.1. The van der Waals surface area contributed by atoms with E-state index in [0.29, 0.717) is 5.56 Å². The van der Waals surface area contributed by atoms with E-state index in [2.05, 4.69) is 9.72 Å². The third-order valence-corrected chi connectivity index (χ3v) is 4.75. The van der Waals surface area contributed by atoms with Gasteiger partial charge in [0.15, 0.2) is 0 Å². The van der Waals surface area contributed by atoms with Gasteiger partial charge >= 0.3 is 6.36 Å². The molecule has 1 amide bonds. The Labute approximate surface area is 168 Å². The molecule has 29 heavy (non-hydrogen) atoms. The summed E-state index contributed by atoms with van der Waals surface area (Å²) in [6, 6.07) is 4.43. The van der Waals surface area contributed by atoms with Gasteiger partial charge in [-0.15, -0.1) is 13.2 Å². The smallest absolute Gasteiger partial charge is 0.404 e. The number of ether oxygens (including phenoxy) is 1. The molecule has 0 spiro atoms. The van der Waals surface area contributed by atoms with Crippen molar-refractivity contribution in [3.63, 3.8) is 0 Å². The lowest BCUT2D eigenvalue weighted by molar-refractivity contribution is -0.274. The summed E-state index contributed by atoms with van der Waals surface area (Å²) in [5.41, 5.74) is 5.12. The van der Waals surface area contributed by atoms with Crippen LogP contribution >= 0.6 is 11.6 Å². The number of aromatic nitrogens is 2. The molecule has 1 saturated carbocycles. The van der Waals surface area contributed by atoms with Crippen molar-refractivity contribution < 1.29 is 22.7 Å². The predicted molar refractivity (Wildman–Crippen MR) is 100 cm³/mol. The second kappa shape index (κ2) is 7.58. The van der Waals surface area contributed by atoms with E-state index in [0.717, 1.165) is 25.0 Å². The highest BCUT2D eigenvalue weighted by Crippen LogP contribution is 2.45. The van der Waals surface area contributed by atoms with Crippen LogP contribution in [-0.2, 0) is 0 Å². The Morgan fingerprint density at radius 3 is 2.48 bits per heavy atom. The molecular formula is C18H18ClF3N4O3. The van der Waals surface area contributed by atoms with Gasteiger partial charge in [-0.2, -0.15) is 0 Å². The first-order valence-electron chi connectivity index (χ1n) is 8.64. The van der Waals surface area contributed by atoms with E-state index < -0.39 is 29.6 Å². The van der Waals surface area contributed by atoms with E-state index in [1.54, 1.807) is 19.0 Å². The molecule has 1 aromatic heterocycles. The summed E-state index contributed by atoms with van der Waals surface area (Å²) in [6.45, 7) is 0. The van der Waals surface area contributed by atoms with Gasteiger partial charge in [-0.25, -0.2) is 4.98 Å². The second-order valence-corrected chi connectivity index (χ2v) is 7.34. The van der Waals surface area contributed by atoms with Crippen molar-refractivity contribution >= 4 is 23.5 Å². The lowest BCUT2D eigenvalue weighted by atomic mass is 10.0. The SMILES string of the molecule is CN(C)c1nc(C(N)=O)cc(=O)n1[C@@H](c1ccc(OC(F)(F)F)c(Cl)c1)C1CC1. The summed E-state index contributed by atoms with van der Waals surface area (Å²) in [5.74, 6) is -1.09. The lowest BCUT2D eigenvalue weighted by Crippen LogP contribution is -2.34. The average molecular weight is 431 g/mol. The van der Waals surface area contributed by atoms with Gasteiger partial charge < -0.3 is 15.4 Å². The van der Waals surface area contributed by atoms with E-state index in [9.17, 15) is 22.8 Å². The molecule has 156 valence electrons. The standard InChI is InChI=1S/C18H18ClF3N4O3/c1-25(2)17-24-12(16(23)28)8-14(27)26(17)15(9-3-4-9)10-5-6-13(11(19)7-10)29-18(20,21)22/h5-9,15H,3-4H2,1-2H3,(H2,23,28)/t15-/m1/s1. The Balaban J connectivity index is 2.12. The molecular weight excluding hydrogens is 413 g/mol. The van der Waals surface area contributed by atoms with Crippen LogP contribution in [-0.4, -0.2) is 35.9 Å². The highest BCUT2D eigenvalue weighted by Gasteiger charge is 2.37. The highest BCUT2D eigenvalue weighted by atomic mass is 35.5. The van der Waals surface area contributed by atoms with Gasteiger partial charge in [-0.1, -0.05) is 17.7 Å². The van der Waals surface area contributed by atoms with Gasteiger partial charge in [0.25, 0.3) is 11.5 Å². The highest BCUT2D eigenvalue weighted by molar-refractivity contribution is 6.32. The van der Waals surface area contributed by atoms with Crippen LogP contribution in [0.25, 0.3) is 0 Å². The average Bonchev–Trinajstić information content (AvgIpc) is 3.42. The number of amides is 1. The van der Waals surface area contributed by atoms with Gasteiger partial charge in [0.2, 0.25) is 5.95 Å². The first kappa shape index (κ1) is 21.0. The molecule has 0 aliphatic heterocycles. The number of alkyl halides is 3. The number of carbonyl (C=O) groups excluding carboxylic acids is 1. The molecule has 2 N–H and O–H groups in total. The van der Waals surface area contributed by atoms with Crippen molar-refractivity contribution in [1.29, 1.82) is 0 Å². The molecule has 11 heteroatoms. The van der Waals surface area contributed by atoms with E-state index in [-0.39, 0.29) is 22.6 Å². The van der Waals surface area contributed by atoms with Crippen LogP contribution in [0, 0.1) is 5.92 Å². The monoisotopic (exact) mass is 430 g/mol. The molecule has 0 radical (unpaired) electrons. The molecule has 0 unspecified atom stereocenters. The van der Waals surface area contributed by atoms with Gasteiger partial charge in [-0.3, -0.25) is 14.2 Å². The number of nitrogens with zero attached hydrogens (tertiary/aromatic N) is 3. The van der Waals surface area contributed by atoms with Gasteiger partial charge in [0, 0.05) is 20.2 Å². The number of anilines is 1. The van der Waals surface area contributed by atoms with Crippen LogP contribution in [0.1, 0.15) is 34.9 Å². The number of hydrogen-bond acceptors (Lipinski definition) is 5. The van der Waals surface area contributed by atoms with Crippen LogP contribution in [0.3, 0.4) is 0 Å². The number of primary amides is 1. The fourth-order valence-corrected chi connectivity index (χ4v) is 3.36. The number of hydrogen-bond donors (Lipinski definition) is 1. The van der Waals surface area contributed by atoms with E-state index in [4.69, 9.17) is 17.3 Å². The van der Waals surface area contributed by atoms with Crippen molar-refractivity contribution in [2.24, 2.45) is 11.7 Å². The molecule has 0 bridgehead atoms. The van der Waals surface area contributed by atoms with Crippen LogP contribution in [0.2, 0.25) is 5.02 Å². The quantitative estimate of drug-likeness (QED) is 0.761. The molecule has 2 aromatic rings. The zero-order chi connectivity index (χ0) is 21.5. The first-order chi connectivity index (χ1) is 13.5. The Kier molecular flexibility index (Phi) is 5.48. The minimum Gasteiger partial charge on any atom is -0.404 e. The number of rotatable bonds is 6. The molecule has 1 heterocycles. The molecule has 0 saturated heterocycles. The van der Waals surface area contributed by atoms with Gasteiger partial charge in [0.1, 0.15) is 11.4 Å². The molecule has 1 aliphatic carbocycles. The fourth-order valence-electron chi connectivity index (χ4n) is 3.13. The van der Waals surface area contributed by atoms with Gasteiger partial charge in [0.05, 0.1) is 11.1 Å². The molecule has 7 nitrogen and oxygen atoms in total. The maximum Gasteiger partial charge on any atom is 0.573 e. The first-order valence-corrected chi connectivity index (χ1v) is 9.01. The topological polar surface area (TPSA) is 90.5 Å². The van der Waals surface area contributed by atoms with Crippen LogP contribution < -0.4 is 20.9 Å². The summed E-state index contributed by atoms with van der Waals surface area (Å²) < 4.78 is 42.8. The Morgan fingerprint density at radius 1 is 1.34 bits per heavy atom. The molecule has 1 aromatic carbocycles. The number of nitrogens with two attached hydrogens (primary N) is 1. The summed E-state index contributed by atoms with van der Waals surface area (Å²) in [6.07, 6.45) is -3.23. The lowest BCUT2D eigenvalue weighted by Gasteiger charge is -2.26. The number of carbonyl (C=O) groups is 1. The van der Waals surface area contributed by atoms with Crippen LogP contribution in [0.4, 0.5) is 19.1 Å². The number of halogens is 4. The third-order valence-electron chi connectivity index (χ3n) is 4.46. The Bertz CT molecular complexity index is 1000. The summed E-state index contributed by atoms with van der Waals surface area (Å²) >= 11 is 6.00. The molecule has 1 fully saturated rings. The Hall–Kier alpha value is -2.75. The zero-order valence-corrected chi connectivity index (χ0v) is 16.3. The zero-order valence-electron chi connectivity index (χ0n) is 15.5. The Morgan fingerprint density at radius 2 is 2.00 bits per heavy atom. The molecule has 3 rings (SSSR count). The van der Waals surface area contributed by atoms with Crippen LogP contribution in [0.15, 0.2) is 29.1 Å². The largest absolute Gasteiger partial charge is 0.573 e. The maximum absolute atomic E-state index is 12.8. The van der Waals surface area contributed by atoms with E-state index >= 15 is 0 Å². The summed E-state index contributed by atoms with van der Waals surface area (Å²) in [5, 5.41) is -0.230.